The number of thioether (sulfide) groups is 1. The van der Waals surface area contributed by atoms with Crippen LogP contribution < -0.4 is 0 Å². The van der Waals surface area contributed by atoms with Gasteiger partial charge in [-0.1, -0.05) is 60.3 Å². The number of hydrogen-bond donors (Lipinski definition) is 1. The molecule has 2 aliphatic carbocycles. The zero-order valence-corrected chi connectivity index (χ0v) is 17.3. The predicted molar refractivity (Wildman–Crippen MR) is 118 cm³/mol. The normalized spacial score (nSPS) is 17.3. The minimum atomic E-state index is -0.362. The van der Waals surface area contributed by atoms with Crippen LogP contribution in [0.25, 0.3) is 10.9 Å². The fraction of sp³-hybridized carbons (Fsp3) is 0.292. The summed E-state index contributed by atoms with van der Waals surface area (Å²) < 4.78 is 2.32. The summed E-state index contributed by atoms with van der Waals surface area (Å²) in [6.07, 6.45) is 6.60. The van der Waals surface area contributed by atoms with E-state index < -0.39 is 0 Å². The van der Waals surface area contributed by atoms with Crippen LogP contribution in [-0.4, -0.2) is 25.5 Å². The lowest BCUT2D eigenvalue weighted by Gasteiger charge is -2.16. The molecule has 0 radical (unpaired) electrons. The Labute approximate surface area is 178 Å². The second-order valence-electron chi connectivity index (χ2n) is 8.24. The maximum atomic E-state index is 13.8. The zero-order chi connectivity index (χ0) is 20.1. The van der Waals surface area contributed by atoms with Crippen molar-refractivity contribution in [1.29, 1.82) is 0 Å². The first kappa shape index (κ1) is 18.0. The molecule has 0 amide bonds. The van der Waals surface area contributed by atoms with Crippen molar-refractivity contribution in [1.82, 2.24) is 19.7 Å². The lowest BCUT2D eigenvalue weighted by atomic mass is 10.0. The maximum absolute atomic E-state index is 13.8. The van der Waals surface area contributed by atoms with E-state index in [1.807, 2.05) is 60.8 Å². The molecule has 2 heterocycles. The van der Waals surface area contributed by atoms with E-state index in [9.17, 15) is 4.79 Å². The quantitative estimate of drug-likeness (QED) is 0.312. The van der Waals surface area contributed by atoms with Gasteiger partial charge in [-0.2, -0.15) is 0 Å². The van der Waals surface area contributed by atoms with Gasteiger partial charge >= 0.3 is 0 Å². The van der Waals surface area contributed by atoms with Crippen LogP contribution in [0.3, 0.4) is 0 Å². The second kappa shape index (κ2) is 7.13. The Kier molecular flexibility index (Phi) is 4.27. The van der Waals surface area contributed by atoms with Crippen molar-refractivity contribution in [3.05, 3.63) is 77.7 Å². The Morgan fingerprint density at radius 1 is 1.00 bits per heavy atom. The molecule has 2 aliphatic rings. The third-order valence-electron chi connectivity index (χ3n) is 5.96. The molecule has 6 rings (SSSR count). The molecular formula is C24H22N4OS. The van der Waals surface area contributed by atoms with Crippen LogP contribution in [0, 0.1) is 0 Å². The second-order valence-corrected chi connectivity index (χ2v) is 9.31. The van der Waals surface area contributed by atoms with Crippen molar-refractivity contribution in [3.63, 3.8) is 0 Å². The first-order valence-corrected chi connectivity index (χ1v) is 11.4. The van der Waals surface area contributed by atoms with Crippen LogP contribution in [0.4, 0.5) is 0 Å². The number of nitrogens with zero attached hydrogens (tertiary/aromatic N) is 3. The Morgan fingerprint density at radius 2 is 1.77 bits per heavy atom. The maximum Gasteiger partial charge on any atom is 0.192 e. The van der Waals surface area contributed by atoms with Crippen LogP contribution in [0.5, 0.6) is 0 Å². The molecule has 4 aromatic rings. The molecule has 0 saturated heterocycles. The van der Waals surface area contributed by atoms with Gasteiger partial charge in [-0.3, -0.25) is 4.79 Å². The van der Waals surface area contributed by atoms with E-state index >= 15 is 0 Å². The minimum Gasteiger partial charge on any atom is -0.360 e. The van der Waals surface area contributed by atoms with Crippen LogP contribution >= 0.6 is 11.8 Å². The van der Waals surface area contributed by atoms with E-state index in [2.05, 4.69) is 19.7 Å². The third-order valence-corrected chi connectivity index (χ3v) is 7.17. The molecule has 30 heavy (non-hydrogen) atoms. The summed E-state index contributed by atoms with van der Waals surface area (Å²) in [7, 11) is 0. The first-order valence-electron chi connectivity index (χ1n) is 10.6. The van der Waals surface area contributed by atoms with Gasteiger partial charge in [0.05, 0.1) is 0 Å². The number of nitrogens with one attached hydrogen (secondary N) is 1. The number of carbonyl (C=O) groups excluding carboxylic acids is 1. The van der Waals surface area contributed by atoms with Gasteiger partial charge in [0.25, 0.3) is 0 Å². The molecule has 6 heteroatoms. The number of para-hydroxylation sites is 1. The largest absolute Gasteiger partial charge is 0.360 e. The Bertz CT molecular complexity index is 1220. The highest BCUT2D eigenvalue weighted by atomic mass is 32.2. The van der Waals surface area contributed by atoms with Crippen LogP contribution in [0.1, 0.15) is 64.6 Å². The molecule has 1 atom stereocenters. The summed E-state index contributed by atoms with van der Waals surface area (Å²) in [4.78, 5) is 17.0. The molecule has 5 nitrogen and oxygen atoms in total. The van der Waals surface area contributed by atoms with Gasteiger partial charge in [0.2, 0.25) is 0 Å². The average Bonchev–Trinajstić information content (AvgIpc) is 3.72. The number of ketones is 1. The fourth-order valence-electron chi connectivity index (χ4n) is 4.09. The number of benzene rings is 2. The minimum absolute atomic E-state index is 0.0990. The number of carbonyl (C=O) groups is 1. The smallest absolute Gasteiger partial charge is 0.192 e. The number of aromatic amines is 1. The zero-order valence-electron chi connectivity index (χ0n) is 16.5. The van der Waals surface area contributed by atoms with Gasteiger partial charge in [-0.05, 0) is 37.3 Å². The molecule has 0 aliphatic heterocycles. The topological polar surface area (TPSA) is 63.6 Å². The van der Waals surface area contributed by atoms with E-state index in [-0.39, 0.29) is 11.0 Å². The molecule has 2 aromatic heterocycles. The monoisotopic (exact) mass is 414 g/mol. The molecule has 2 saturated carbocycles. The fourth-order valence-corrected chi connectivity index (χ4v) is 5.27. The number of H-pyrrole nitrogens is 1. The SMILES string of the molecule is O=C(c1c[nH]c2ccccc12)C(Sc1nnc(C2CC2)n1C1CC1)c1ccccc1. The first-order chi connectivity index (χ1) is 14.8. The molecule has 2 fully saturated rings. The number of rotatable bonds is 7. The number of hydrogen-bond acceptors (Lipinski definition) is 4. The molecule has 150 valence electrons. The molecular weight excluding hydrogens is 392 g/mol. The van der Waals surface area contributed by atoms with Crippen LogP contribution in [0.15, 0.2) is 66.0 Å². The van der Waals surface area contributed by atoms with Gasteiger partial charge in [0, 0.05) is 34.6 Å². The van der Waals surface area contributed by atoms with E-state index in [1.54, 1.807) is 11.8 Å². The van der Waals surface area contributed by atoms with Crippen molar-refractivity contribution in [2.24, 2.45) is 0 Å². The van der Waals surface area contributed by atoms with E-state index in [1.165, 1.54) is 25.7 Å². The van der Waals surface area contributed by atoms with Gasteiger partial charge in [0.15, 0.2) is 10.9 Å². The highest BCUT2D eigenvalue weighted by Crippen LogP contribution is 2.48. The number of Topliss-reactive ketones (excluding diaryl/α,β-unsaturated/α-hetero) is 1. The standard InChI is InChI=1S/C24H22N4OS/c29-21(19-14-25-20-9-5-4-8-18(19)20)22(15-6-2-1-3-7-15)30-24-27-26-23(16-10-11-16)28(24)17-12-13-17/h1-9,14,16-17,22,25H,10-13H2. The van der Waals surface area contributed by atoms with Crippen molar-refractivity contribution in [3.8, 4) is 0 Å². The summed E-state index contributed by atoms with van der Waals surface area (Å²) in [6, 6.07) is 18.5. The molecule has 2 aromatic carbocycles. The lowest BCUT2D eigenvalue weighted by Crippen LogP contribution is -2.11. The molecule has 1 unspecified atom stereocenters. The predicted octanol–water partition coefficient (Wildman–Crippen LogP) is 5.69. The van der Waals surface area contributed by atoms with Crippen molar-refractivity contribution < 1.29 is 4.79 Å². The van der Waals surface area contributed by atoms with Crippen LogP contribution in [-0.2, 0) is 0 Å². The van der Waals surface area contributed by atoms with Crippen LogP contribution in [0.2, 0.25) is 0 Å². The van der Waals surface area contributed by atoms with Gasteiger partial charge < -0.3 is 9.55 Å². The highest BCUT2D eigenvalue weighted by Gasteiger charge is 2.38. The molecule has 1 N–H and O–H groups in total. The average molecular weight is 415 g/mol. The van der Waals surface area contributed by atoms with E-state index in [0.29, 0.717) is 12.0 Å². The summed E-state index contributed by atoms with van der Waals surface area (Å²) in [5.74, 6) is 1.76. The Balaban J connectivity index is 1.41. The summed E-state index contributed by atoms with van der Waals surface area (Å²) in [5, 5.41) is 10.6. The van der Waals surface area contributed by atoms with Gasteiger partial charge in [-0.25, -0.2) is 0 Å². The molecule has 0 spiro atoms. The van der Waals surface area contributed by atoms with Gasteiger partial charge in [-0.15, -0.1) is 10.2 Å². The van der Waals surface area contributed by atoms with Gasteiger partial charge in [0.1, 0.15) is 11.1 Å². The summed E-state index contributed by atoms with van der Waals surface area (Å²) in [6.45, 7) is 0. The Hall–Kier alpha value is -2.86. The lowest BCUT2D eigenvalue weighted by molar-refractivity contribution is 0.0991. The van der Waals surface area contributed by atoms with E-state index in [0.717, 1.165) is 33.0 Å². The number of aromatic nitrogens is 4. The summed E-state index contributed by atoms with van der Waals surface area (Å²) >= 11 is 1.54. The van der Waals surface area contributed by atoms with Crippen molar-refractivity contribution in [2.75, 3.05) is 0 Å². The number of fused-ring (bicyclic) bond motifs is 1. The van der Waals surface area contributed by atoms with E-state index in [4.69, 9.17) is 0 Å². The molecule has 0 bridgehead atoms. The van der Waals surface area contributed by atoms with Crippen molar-refractivity contribution in [2.45, 2.75) is 48.0 Å². The summed E-state index contributed by atoms with van der Waals surface area (Å²) in [5.41, 5.74) is 2.71. The van der Waals surface area contributed by atoms with Crippen molar-refractivity contribution >= 4 is 28.4 Å². The highest BCUT2D eigenvalue weighted by molar-refractivity contribution is 8.00. The third kappa shape index (κ3) is 3.16. The Morgan fingerprint density at radius 3 is 2.53 bits per heavy atom.